The third-order valence-corrected chi connectivity index (χ3v) is 6.76. The number of hydrogen-bond acceptors (Lipinski definition) is 3. The Bertz CT molecular complexity index is 653. The molecule has 142 valence electrons. The van der Waals surface area contributed by atoms with Gasteiger partial charge in [0.1, 0.15) is 18.5 Å². The van der Waals surface area contributed by atoms with Gasteiger partial charge < -0.3 is 9.03 Å². The van der Waals surface area contributed by atoms with Crippen molar-refractivity contribution in [3.05, 3.63) is 29.7 Å². The van der Waals surface area contributed by atoms with Gasteiger partial charge in [-0.15, -0.1) is 0 Å². The zero-order valence-electron chi connectivity index (χ0n) is 15.1. The predicted octanol–water partition coefficient (Wildman–Crippen LogP) is 6.08. The smallest absolute Gasteiger partial charge is 0.260 e. The molecule has 1 unspecified atom stereocenters. The number of aromatic nitrogens is 1. The Morgan fingerprint density at radius 2 is 1.62 bits per heavy atom. The molecule has 5 heteroatoms. The Labute approximate surface area is 160 Å². The summed E-state index contributed by atoms with van der Waals surface area (Å²) in [5.41, 5.74) is 1.30. The molecule has 3 aliphatic carbocycles. The Morgan fingerprint density at radius 3 is 2.15 bits per heavy atom. The van der Waals surface area contributed by atoms with E-state index in [0.717, 1.165) is 36.5 Å². The number of rotatable bonds is 6. The molecule has 2 fully saturated rings. The summed E-state index contributed by atoms with van der Waals surface area (Å²) in [5.74, 6) is 3.30. The molecule has 0 radical (unpaired) electrons. The van der Waals surface area contributed by atoms with Crippen LogP contribution >= 0.6 is 11.9 Å². The number of ether oxygens (including phenoxy) is 1. The second-order valence-electron chi connectivity index (χ2n) is 8.21. The second kappa shape index (κ2) is 8.16. The Kier molecular flexibility index (Phi) is 5.68. The van der Waals surface area contributed by atoms with Gasteiger partial charge in [0.2, 0.25) is 11.6 Å². The van der Waals surface area contributed by atoms with Crippen LogP contribution < -0.4 is 9.03 Å². The van der Waals surface area contributed by atoms with Crippen molar-refractivity contribution >= 4 is 11.9 Å². The summed E-state index contributed by atoms with van der Waals surface area (Å²) in [4.78, 5) is 3.72. The lowest BCUT2D eigenvalue weighted by Crippen LogP contribution is -2.24. The molecular weight excluding hydrogens is 353 g/mol. The zero-order chi connectivity index (χ0) is 17.9. The average molecular weight is 380 g/mol. The van der Waals surface area contributed by atoms with E-state index in [0.29, 0.717) is 6.61 Å². The first-order valence-corrected chi connectivity index (χ1v) is 10.3. The first-order valence-electron chi connectivity index (χ1n) is 9.98. The second-order valence-corrected chi connectivity index (χ2v) is 8.37. The molecule has 26 heavy (non-hydrogen) atoms. The van der Waals surface area contributed by atoms with Crippen molar-refractivity contribution < 1.29 is 13.4 Å². The molecule has 0 saturated heterocycles. The Balaban J connectivity index is 1.23. The van der Waals surface area contributed by atoms with Crippen molar-refractivity contribution in [2.75, 3.05) is 6.61 Å². The number of pyridine rings is 1. The number of hydrogen-bond donors (Lipinski definition) is 0. The summed E-state index contributed by atoms with van der Waals surface area (Å²) in [5, 5.41) is 0. The van der Waals surface area contributed by atoms with Crippen molar-refractivity contribution in [3.8, 4) is 11.6 Å². The van der Waals surface area contributed by atoms with Crippen molar-refractivity contribution in [2.45, 2.75) is 57.8 Å². The van der Waals surface area contributed by atoms with Crippen molar-refractivity contribution in [1.82, 2.24) is 4.98 Å². The van der Waals surface area contributed by atoms with Gasteiger partial charge in [-0.2, -0.15) is 9.37 Å². The molecule has 0 N–H and O–H groups in total. The van der Waals surface area contributed by atoms with E-state index in [9.17, 15) is 4.39 Å². The Hall–Kier alpha value is -1.29. The van der Waals surface area contributed by atoms with Gasteiger partial charge in [0.25, 0.3) is 5.95 Å². The highest BCUT2D eigenvalue weighted by Crippen LogP contribution is 2.47. The van der Waals surface area contributed by atoms with Gasteiger partial charge in [-0.3, -0.25) is 0 Å². The van der Waals surface area contributed by atoms with Gasteiger partial charge in [0.05, 0.1) is 0 Å². The van der Waals surface area contributed by atoms with E-state index in [1.165, 1.54) is 56.6 Å². The fraction of sp³-hybridized carbons (Fsp3) is 0.667. The maximum absolute atomic E-state index is 13.5. The standard InChI is InChI=1S/C21H27ClFNO2/c22-26-19-11-12-20(24-21(19)23)25-13-14-1-3-15(4-2-14)16-5-7-17(8-6-16)18-9-10-18/h1,11-12,15-18H,2-10,13H2. The number of nitrogens with zero attached hydrogens (tertiary/aromatic N) is 1. The monoisotopic (exact) mass is 379 g/mol. The lowest BCUT2D eigenvalue weighted by atomic mass is 9.70. The van der Waals surface area contributed by atoms with Crippen molar-refractivity contribution in [1.29, 1.82) is 0 Å². The molecule has 0 aliphatic heterocycles. The molecule has 0 amide bonds. The third-order valence-electron chi connectivity index (χ3n) is 6.59. The van der Waals surface area contributed by atoms with Crippen LogP contribution in [0.4, 0.5) is 4.39 Å². The molecule has 1 heterocycles. The van der Waals surface area contributed by atoms with E-state index < -0.39 is 5.95 Å². The van der Waals surface area contributed by atoms with Gasteiger partial charge in [0, 0.05) is 6.07 Å². The SMILES string of the molecule is Fc1nc(OCC2=CCC(C3CCC(C4CC4)CC3)CC2)ccc1OCl. The molecule has 2 saturated carbocycles. The van der Waals surface area contributed by atoms with Gasteiger partial charge in [0.15, 0.2) is 0 Å². The highest BCUT2D eigenvalue weighted by molar-refractivity contribution is 6.09. The molecule has 1 atom stereocenters. The van der Waals surface area contributed by atoms with Crippen LogP contribution in [-0.4, -0.2) is 11.6 Å². The molecule has 1 aromatic heterocycles. The van der Waals surface area contributed by atoms with E-state index in [4.69, 9.17) is 16.6 Å². The molecule has 4 rings (SSSR count). The van der Waals surface area contributed by atoms with Crippen LogP contribution in [0.15, 0.2) is 23.8 Å². The first kappa shape index (κ1) is 18.1. The highest BCUT2D eigenvalue weighted by Gasteiger charge is 2.36. The molecule has 3 aliphatic rings. The van der Waals surface area contributed by atoms with Gasteiger partial charge >= 0.3 is 0 Å². The quantitative estimate of drug-likeness (QED) is 0.443. The molecular formula is C21H27ClFNO2. The van der Waals surface area contributed by atoms with Crippen LogP contribution in [-0.2, 0) is 0 Å². The fourth-order valence-corrected chi connectivity index (χ4v) is 4.95. The topological polar surface area (TPSA) is 31.4 Å². The number of halogens is 2. The highest BCUT2D eigenvalue weighted by atomic mass is 35.5. The molecule has 1 aromatic rings. The minimum Gasteiger partial charge on any atom is -0.473 e. The van der Waals surface area contributed by atoms with Crippen LogP contribution in [0.1, 0.15) is 57.8 Å². The van der Waals surface area contributed by atoms with Crippen LogP contribution in [0, 0.1) is 29.6 Å². The zero-order valence-corrected chi connectivity index (χ0v) is 15.9. The maximum Gasteiger partial charge on any atom is 0.260 e. The van der Waals surface area contributed by atoms with Crippen molar-refractivity contribution in [3.63, 3.8) is 0 Å². The van der Waals surface area contributed by atoms with Crippen LogP contribution in [0.2, 0.25) is 0 Å². The molecule has 3 nitrogen and oxygen atoms in total. The molecule has 0 aromatic carbocycles. The minimum absolute atomic E-state index is 0.0878. The first-order chi connectivity index (χ1) is 12.7. The summed E-state index contributed by atoms with van der Waals surface area (Å²) in [6.07, 6.45) is 14.6. The van der Waals surface area contributed by atoms with Crippen LogP contribution in [0.3, 0.4) is 0 Å². The Morgan fingerprint density at radius 1 is 0.962 bits per heavy atom. The largest absolute Gasteiger partial charge is 0.473 e. The van der Waals surface area contributed by atoms with Crippen LogP contribution in [0.5, 0.6) is 11.6 Å². The molecule has 0 spiro atoms. The summed E-state index contributed by atoms with van der Waals surface area (Å²) in [7, 11) is 0. The lowest BCUT2D eigenvalue weighted by molar-refractivity contribution is 0.179. The van der Waals surface area contributed by atoms with E-state index >= 15 is 0 Å². The maximum atomic E-state index is 13.5. The van der Waals surface area contributed by atoms with Gasteiger partial charge in [-0.25, -0.2) is 0 Å². The van der Waals surface area contributed by atoms with Crippen molar-refractivity contribution in [2.24, 2.45) is 23.7 Å². The lowest BCUT2D eigenvalue weighted by Gasteiger charge is -2.35. The predicted molar refractivity (Wildman–Crippen MR) is 99.8 cm³/mol. The van der Waals surface area contributed by atoms with E-state index in [1.807, 2.05) is 0 Å². The summed E-state index contributed by atoms with van der Waals surface area (Å²) < 4.78 is 23.5. The summed E-state index contributed by atoms with van der Waals surface area (Å²) in [6, 6.07) is 3.00. The third kappa shape index (κ3) is 4.33. The van der Waals surface area contributed by atoms with E-state index in [-0.39, 0.29) is 11.6 Å². The summed E-state index contributed by atoms with van der Waals surface area (Å²) in [6.45, 7) is 0.481. The van der Waals surface area contributed by atoms with E-state index in [1.54, 1.807) is 6.07 Å². The van der Waals surface area contributed by atoms with Gasteiger partial charge in [-0.05, 0) is 93.1 Å². The van der Waals surface area contributed by atoms with Crippen LogP contribution in [0.25, 0.3) is 0 Å². The average Bonchev–Trinajstić information content (AvgIpc) is 3.52. The normalized spacial score (nSPS) is 29.2. The minimum atomic E-state index is -0.753. The number of allylic oxidation sites excluding steroid dienone is 1. The van der Waals surface area contributed by atoms with E-state index in [2.05, 4.69) is 15.3 Å². The molecule has 0 bridgehead atoms. The van der Waals surface area contributed by atoms with Gasteiger partial charge in [-0.1, -0.05) is 6.08 Å². The fourth-order valence-electron chi connectivity index (χ4n) is 4.83. The summed E-state index contributed by atoms with van der Waals surface area (Å²) >= 11 is 5.16.